The van der Waals surface area contributed by atoms with Crippen LogP contribution >= 0.6 is 0 Å². The third kappa shape index (κ3) is 6.04. The second-order valence-corrected chi connectivity index (χ2v) is 8.61. The molecule has 2 aromatic carbocycles. The van der Waals surface area contributed by atoms with Crippen molar-refractivity contribution >= 4 is 33.5 Å². The number of ether oxygens (including phenoxy) is 2. The predicted octanol–water partition coefficient (Wildman–Crippen LogP) is 2.78. The molecule has 0 saturated carbocycles. The lowest BCUT2D eigenvalue weighted by molar-refractivity contribution is -0.123. The van der Waals surface area contributed by atoms with Crippen LogP contribution in [0.4, 0.5) is 11.6 Å². The fraction of sp³-hybridized carbons (Fsp3) is 0.182. The summed E-state index contributed by atoms with van der Waals surface area (Å²) in [5, 5.41) is 2.58. The number of benzene rings is 2. The number of nitrogens with one attached hydrogen (secondary N) is 2. The van der Waals surface area contributed by atoms with E-state index in [-0.39, 0.29) is 16.4 Å². The van der Waals surface area contributed by atoms with Gasteiger partial charge in [0.1, 0.15) is 5.75 Å². The highest BCUT2D eigenvalue weighted by Gasteiger charge is 2.21. The van der Waals surface area contributed by atoms with Gasteiger partial charge in [-0.05, 0) is 61.9 Å². The zero-order valence-electron chi connectivity index (χ0n) is 18.1. The van der Waals surface area contributed by atoms with Gasteiger partial charge in [0, 0.05) is 18.1 Å². The van der Waals surface area contributed by atoms with Gasteiger partial charge in [0.25, 0.3) is 15.9 Å². The zero-order valence-corrected chi connectivity index (χ0v) is 18.9. The Bertz CT molecular complexity index is 1250. The molecule has 1 heterocycles. The maximum atomic E-state index is 12.4. The second kappa shape index (κ2) is 10.1. The molecule has 0 radical (unpaired) electrons. The molecule has 0 saturated heterocycles. The first-order chi connectivity index (χ1) is 15.7. The molecule has 33 heavy (non-hydrogen) atoms. The average Bonchev–Trinajstić information content (AvgIpc) is 2.80. The SMILES string of the molecule is COc1cc(C(=O)OC(C)C(=O)Nc2ccc(S(=O)(=O)Nc3ncccn3)cc2)ccc1C. The minimum absolute atomic E-state index is 0.0410. The number of methoxy groups -OCH3 is 1. The summed E-state index contributed by atoms with van der Waals surface area (Å²) in [6, 6.07) is 11.9. The number of hydrogen-bond donors (Lipinski definition) is 2. The van der Waals surface area contributed by atoms with Gasteiger partial charge in [-0.2, -0.15) is 0 Å². The number of aryl methyl sites for hydroxylation is 1. The predicted molar refractivity (Wildman–Crippen MR) is 121 cm³/mol. The van der Waals surface area contributed by atoms with Crippen molar-refractivity contribution in [3.05, 3.63) is 72.1 Å². The second-order valence-electron chi connectivity index (χ2n) is 6.92. The average molecular weight is 471 g/mol. The molecule has 1 aromatic heterocycles. The van der Waals surface area contributed by atoms with Crippen LogP contribution in [0.3, 0.4) is 0 Å². The van der Waals surface area contributed by atoms with E-state index in [4.69, 9.17) is 9.47 Å². The standard InChI is InChI=1S/C22H22N4O6S/c1-14-5-6-16(13-19(14)31-3)21(28)32-15(2)20(27)25-17-7-9-18(10-8-17)33(29,30)26-22-23-11-4-12-24-22/h4-13,15H,1-3H3,(H,25,27)(H,23,24,26). The first-order valence-electron chi connectivity index (χ1n) is 9.76. The lowest BCUT2D eigenvalue weighted by Crippen LogP contribution is -2.30. The van der Waals surface area contributed by atoms with Gasteiger partial charge in [0.2, 0.25) is 5.95 Å². The monoisotopic (exact) mass is 470 g/mol. The van der Waals surface area contributed by atoms with Crippen molar-refractivity contribution in [2.24, 2.45) is 0 Å². The number of hydrogen-bond acceptors (Lipinski definition) is 8. The van der Waals surface area contributed by atoms with Gasteiger partial charge >= 0.3 is 5.97 Å². The van der Waals surface area contributed by atoms with Crippen molar-refractivity contribution in [2.75, 3.05) is 17.1 Å². The molecule has 1 unspecified atom stereocenters. The van der Waals surface area contributed by atoms with E-state index >= 15 is 0 Å². The molecule has 10 nitrogen and oxygen atoms in total. The normalized spacial score (nSPS) is 11.8. The largest absolute Gasteiger partial charge is 0.496 e. The van der Waals surface area contributed by atoms with Crippen LogP contribution in [-0.2, 0) is 19.6 Å². The lowest BCUT2D eigenvalue weighted by Gasteiger charge is -2.14. The summed E-state index contributed by atoms with van der Waals surface area (Å²) < 4.78 is 37.5. The Balaban J connectivity index is 1.61. The molecule has 1 amide bonds. The summed E-state index contributed by atoms with van der Waals surface area (Å²) in [6.45, 7) is 3.27. The van der Waals surface area contributed by atoms with Crippen LogP contribution in [0.2, 0.25) is 0 Å². The van der Waals surface area contributed by atoms with Crippen molar-refractivity contribution < 1.29 is 27.5 Å². The smallest absolute Gasteiger partial charge is 0.339 e. The minimum atomic E-state index is -3.90. The lowest BCUT2D eigenvalue weighted by atomic mass is 10.1. The number of aromatic nitrogens is 2. The van der Waals surface area contributed by atoms with E-state index in [1.807, 2.05) is 6.92 Å². The molecule has 0 bridgehead atoms. The molecular formula is C22H22N4O6S. The summed E-state index contributed by atoms with van der Waals surface area (Å²) in [6.07, 6.45) is 1.73. The minimum Gasteiger partial charge on any atom is -0.496 e. The number of esters is 1. The van der Waals surface area contributed by atoms with Gasteiger partial charge in [0.15, 0.2) is 6.10 Å². The Morgan fingerprint density at radius 2 is 1.70 bits per heavy atom. The van der Waals surface area contributed by atoms with E-state index in [0.29, 0.717) is 11.4 Å². The molecule has 0 aliphatic carbocycles. The molecule has 0 fully saturated rings. The molecule has 172 valence electrons. The van der Waals surface area contributed by atoms with Crippen LogP contribution < -0.4 is 14.8 Å². The number of nitrogens with zero attached hydrogens (tertiary/aromatic N) is 2. The van der Waals surface area contributed by atoms with E-state index in [9.17, 15) is 18.0 Å². The molecule has 3 rings (SSSR count). The topological polar surface area (TPSA) is 137 Å². The number of carbonyl (C=O) groups excluding carboxylic acids is 2. The van der Waals surface area contributed by atoms with Crippen LogP contribution in [0.25, 0.3) is 0 Å². The van der Waals surface area contributed by atoms with Crippen LogP contribution in [-0.4, -0.2) is 43.5 Å². The molecule has 0 spiro atoms. The molecular weight excluding hydrogens is 448 g/mol. The number of anilines is 2. The fourth-order valence-corrected chi connectivity index (χ4v) is 3.68. The van der Waals surface area contributed by atoms with Gasteiger partial charge in [-0.1, -0.05) is 6.07 Å². The maximum absolute atomic E-state index is 12.4. The van der Waals surface area contributed by atoms with Gasteiger partial charge in [-0.15, -0.1) is 0 Å². The van der Waals surface area contributed by atoms with Gasteiger partial charge < -0.3 is 14.8 Å². The summed E-state index contributed by atoms with van der Waals surface area (Å²) in [5.74, 6) is -0.776. The van der Waals surface area contributed by atoms with E-state index in [1.165, 1.54) is 56.8 Å². The highest BCUT2D eigenvalue weighted by atomic mass is 32.2. The Labute approximate surface area is 191 Å². The van der Waals surface area contributed by atoms with Crippen molar-refractivity contribution in [3.63, 3.8) is 0 Å². The molecule has 11 heteroatoms. The third-order valence-corrected chi connectivity index (χ3v) is 5.86. The van der Waals surface area contributed by atoms with Gasteiger partial charge in [-0.25, -0.2) is 27.9 Å². The Kier molecular flexibility index (Phi) is 7.23. The quantitative estimate of drug-likeness (QED) is 0.480. The summed E-state index contributed by atoms with van der Waals surface area (Å²) >= 11 is 0. The van der Waals surface area contributed by atoms with Crippen molar-refractivity contribution in [1.82, 2.24) is 9.97 Å². The summed E-state index contributed by atoms with van der Waals surface area (Å²) in [5.41, 5.74) is 1.44. The molecule has 0 aliphatic heterocycles. The highest BCUT2D eigenvalue weighted by Crippen LogP contribution is 2.20. The zero-order chi connectivity index (χ0) is 24.0. The van der Waals surface area contributed by atoms with E-state index < -0.39 is 28.0 Å². The number of sulfonamides is 1. The van der Waals surface area contributed by atoms with Crippen LogP contribution in [0.1, 0.15) is 22.8 Å². The Morgan fingerprint density at radius 3 is 2.33 bits per heavy atom. The number of rotatable bonds is 8. The van der Waals surface area contributed by atoms with Crippen LogP contribution in [0, 0.1) is 6.92 Å². The Hall–Kier alpha value is -3.99. The van der Waals surface area contributed by atoms with Crippen molar-refractivity contribution in [1.29, 1.82) is 0 Å². The van der Waals surface area contributed by atoms with Crippen molar-refractivity contribution in [3.8, 4) is 5.75 Å². The van der Waals surface area contributed by atoms with Crippen LogP contribution in [0.5, 0.6) is 5.75 Å². The summed E-state index contributed by atoms with van der Waals surface area (Å²) in [4.78, 5) is 32.4. The van der Waals surface area contributed by atoms with Crippen LogP contribution in [0.15, 0.2) is 65.8 Å². The van der Waals surface area contributed by atoms with Gasteiger partial charge in [0.05, 0.1) is 17.6 Å². The number of amides is 1. The maximum Gasteiger partial charge on any atom is 0.339 e. The molecule has 3 aromatic rings. The third-order valence-electron chi connectivity index (χ3n) is 4.52. The molecule has 0 aliphatic rings. The number of carbonyl (C=O) groups is 2. The fourth-order valence-electron chi connectivity index (χ4n) is 2.72. The molecule has 1 atom stereocenters. The highest BCUT2D eigenvalue weighted by molar-refractivity contribution is 7.92. The first-order valence-corrected chi connectivity index (χ1v) is 11.2. The van der Waals surface area contributed by atoms with Gasteiger partial charge in [-0.3, -0.25) is 4.79 Å². The van der Waals surface area contributed by atoms with Crippen molar-refractivity contribution in [2.45, 2.75) is 24.8 Å². The summed E-state index contributed by atoms with van der Waals surface area (Å²) in [7, 11) is -2.40. The van der Waals surface area contributed by atoms with E-state index in [2.05, 4.69) is 20.0 Å². The first kappa shape index (κ1) is 23.7. The van der Waals surface area contributed by atoms with E-state index in [0.717, 1.165) is 5.56 Å². The molecule has 2 N–H and O–H groups in total. The Morgan fingerprint density at radius 1 is 1.03 bits per heavy atom. The van der Waals surface area contributed by atoms with E-state index in [1.54, 1.807) is 18.2 Å².